The van der Waals surface area contributed by atoms with E-state index in [-0.39, 0.29) is 40.1 Å². The molecule has 0 aliphatic carbocycles. The van der Waals surface area contributed by atoms with E-state index in [0.29, 0.717) is 0 Å². The molecule has 0 aliphatic rings. The van der Waals surface area contributed by atoms with Gasteiger partial charge in [-0.05, 0) is 0 Å². The topological polar surface area (TPSA) is 77.8 Å². The minimum atomic E-state index is -5.12. The van der Waals surface area contributed by atoms with E-state index in [9.17, 15) is 0 Å². The third kappa shape index (κ3) is 98.8. The molecule has 0 atom stereocenters. The Balaban J connectivity index is -0.0000000800. The molecule has 0 aromatic rings. The van der Waals surface area contributed by atoms with Crippen LogP contribution >= 0.6 is 0 Å². The van der Waals surface area contributed by atoms with Gasteiger partial charge in [0.25, 0.3) is 0 Å². The molecule has 0 aliphatic heterocycles. The van der Waals surface area contributed by atoms with E-state index < -0.39 is 14.5 Å². The fourth-order valence-corrected chi connectivity index (χ4v) is 0. The molecule has 0 amide bonds. The summed E-state index contributed by atoms with van der Waals surface area (Å²) in [5, 5.41) is 0. The maximum absolute atomic E-state index is 8.94. The second kappa shape index (κ2) is 5.66. The normalized spacial score (nSPS) is 8.43. The zero-order chi connectivity index (χ0) is 4.50. The third-order valence-corrected chi connectivity index (χ3v) is 0. The van der Waals surface area contributed by atoms with Crippen molar-refractivity contribution in [3.63, 3.8) is 0 Å². The van der Waals surface area contributed by atoms with E-state index >= 15 is 0 Å². The second-order valence-electron chi connectivity index (χ2n) is 0.513. The Hall–Kier alpha value is 1.52. The van der Waals surface area contributed by atoms with Crippen molar-refractivity contribution < 1.29 is 33.1 Å². The van der Waals surface area contributed by atoms with Gasteiger partial charge in [0.15, 0.2) is 0 Å². The molecule has 0 saturated heterocycles. The van der Waals surface area contributed by atoms with Gasteiger partial charge in [-0.25, -0.2) is 0 Å². The van der Waals surface area contributed by atoms with Gasteiger partial charge in [-0.15, -0.1) is 0 Å². The Kier molecular flexibility index (Phi) is 12.8. The van der Waals surface area contributed by atoms with Gasteiger partial charge in [0.1, 0.15) is 0 Å². The largest absolute Gasteiger partial charge is 0.316 e. The molecule has 0 bridgehead atoms. The van der Waals surface area contributed by atoms with E-state index in [2.05, 4.69) is 0 Å². The zero-order valence-corrected chi connectivity index (χ0v) is 5.63. The van der Waals surface area contributed by atoms with Crippen LogP contribution < -0.4 is 0 Å². The van der Waals surface area contributed by atoms with Crippen LogP contribution in [-0.4, -0.2) is 49.9 Å². The van der Waals surface area contributed by atoms with E-state index in [0.717, 1.165) is 0 Å². The SMILES string of the molecule is O=[As](O)(O)O.[MgH2].[Mn]. The summed E-state index contributed by atoms with van der Waals surface area (Å²) in [6.45, 7) is 0. The average molecular weight is 223 g/mol. The van der Waals surface area contributed by atoms with Gasteiger partial charge in [-0.3, -0.25) is 0 Å². The van der Waals surface area contributed by atoms with E-state index in [4.69, 9.17) is 16.0 Å². The third-order valence-electron chi connectivity index (χ3n) is 0. The molecular formula is H5AsMgMnO4. The molecule has 4 nitrogen and oxygen atoms in total. The molecule has 0 unspecified atom stereocenters. The molecule has 0 heterocycles. The summed E-state index contributed by atoms with van der Waals surface area (Å²) < 4.78 is 30.7. The van der Waals surface area contributed by atoms with Crippen LogP contribution in [0.25, 0.3) is 0 Å². The summed E-state index contributed by atoms with van der Waals surface area (Å²) in [6, 6.07) is 0. The first-order chi connectivity index (χ1) is 2.00. The Morgan fingerprint density at radius 2 is 1.14 bits per heavy atom. The van der Waals surface area contributed by atoms with Crippen molar-refractivity contribution in [1.82, 2.24) is 0 Å². The van der Waals surface area contributed by atoms with Crippen molar-refractivity contribution in [2.45, 2.75) is 0 Å². The Labute approximate surface area is 70.3 Å². The van der Waals surface area contributed by atoms with Crippen molar-refractivity contribution in [3.8, 4) is 0 Å². The zero-order valence-electron chi connectivity index (χ0n) is 2.58. The molecule has 0 aromatic carbocycles. The van der Waals surface area contributed by atoms with Crippen LogP contribution in [0.1, 0.15) is 0 Å². The first-order valence-electron chi connectivity index (χ1n) is 0.783. The summed E-state index contributed by atoms with van der Waals surface area (Å²) in [4.78, 5) is 0. The maximum atomic E-state index is 8.94. The first-order valence-corrected chi connectivity index (χ1v) is 4.07. The summed E-state index contributed by atoms with van der Waals surface area (Å²) in [6.07, 6.45) is 0. The molecule has 1 radical (unpaired) electrons. The van der Waals surface area contributed by atoms with Crippen LogP contribution in [0, 0.1) is 0 Å². The van der Waals surface area contributed by atoms with Gasteiger partial charge in [-0.1, -0.05) is 0 Å². The quantitative estimate of drug-likeness (QED) is 0.380. The van der Waals surface area contributed by atoms with Gasteiger partial charge >= 0.3 is 53.6 Å². The van der Waals surface area contributed by atoms with Crippen LogP contribution in [0.5, 0.6) is 0 Å². The van der Waals surface area contributed by atoms with Crippen molar-refractivity contribution in [2.75, 3.05) is 0 Å². The predicted molar refractivity (Wildman–Crippen MR) is 21.6 cm³/mol. The average Bonchev–Trinajstić information content (AvgIpc) is 0.722. The molecule has 7 heavy (non-hydrogen) atoms. The molecule has 0 spiro atoms. The van der Waals surface area contributed by atoms with Crippen LogP contribution in [0.2, 0.25) is 0 Å². The van der Waals surface area contributed by atoms with Crippen LogP contribution in [0.3, 0.4) is 0 Å². The molecule has 0 aromatic heterocycles. The van der Waals surface area contributed by atoms with E-state index in [1.807, 2.05) is 0 Å². The predicted octanol–water partition coefficient (Wildman–Crippen LogP) is -3.09. The van der Waals surface area contributed by atoms with Gasteiger partial charge in [-0.2, -0.15) is 0 Å². The van der Waals surface area contributed by atoms with Crippen LogP contribution in [0.15, 0.2) is 0 Å². The van der Waals surface area contributed by atoms with Crippen molar-refractivity contribution in [1.29, 1.82) is 0 Å². The number of hydrogen-bond acceptors (Lipinski definition) is 1. The van der Waals surface area contributed by atoms with Gasteiger partial charge in [0.2, 0.25) is 0 Å². The number of hydrogen-bond donors (Lipinski definition) is 3. The molecule has 3 N–H and O–H groups in total. The summed E-state index contributed by atoms with van der Waals surface area (Å²) >= 11 is -5.12. The van der Waals surface area contributed by atoms with Gasteiger partial charge < -0.3 is 0 Å². The molecular weight excluding hydrogens is 218 g/mol. The first kappa shape index (κ1) is 15.8. The van der Waals surface area contributed by atoms with E-state index in [1.54, 1.807) is 0 Å². The standard InChI is InChI=1S/AsH3O4.Mg.Mn.2H/c2-1(3,4)5;;;;/h(H3,2,3,4,5);;;;. The fourth-order valence-electron chi connectivity index (χ4n) is 0. The second-order valence-corrected chi connectivity index (χ2v) is 2.67. The van der Waals surface area contributed by atoms with Crippen molar-refractivity contribution in [3.05, 3.63) is 0 Å². The maximum Gasteiger partial charge on any atom is 0.316 e. The Morgan fingerprint density at radius 1 is 1.14 bits per heavy atom. The minimum absolute atomic E-state index is 0. The summed E-state index contributed by atoms with van der Waals surface area (Å²) in [5.74, 6) is 0. The monoisotopic (exact) mass is 223 g/mol. The van der Waals surface area contributed by atoms with Gasteiger partial charge in [0.05, 0.1) is 0 Å². The minimum Gasteiger partial charge on any atom is 0 e. The smallest absolute Gasteiger partial charge is 0 e. The molecule has 43 valence electrons. The van der Waals surface area contributed by atoms with Crippen molar-refractivity contribution >= 4 is 37.6 Å². The summed E-state index contributed by atoms with van der Waals surface area (Å²) in [7, 11) is 0. The van der Waals surface area contributed by atoms with E-state index in [1.165, 1.54) is 0 Å². The number of rotatable bonds is 0. The summed E-state index contributed by atoms with van der Waals surface area (Å²) in [5.41, 5.74) is 0. The Bertz CT molecular complexity index is 57.8. The molecule has 7 heteroatoms. The Morgan fingerprint density at radius 3 is 1.14 bits per heavy atom. The van der Waals surface area contributed by atoms with Crippen LogP contribution in [0.4, 0.5) is 0 Å². The fraction of sp³-hybridized carbons (Fsp3) is 0. The molecule has 0 saturated carbocycles. The molecule has 0 rings (SSSR count). The van der Waals surface area contributed by atoms with Crippen molar-refractivity contribution in [2.24, 2.45) is 0 Å². The molecule has 0 fully saturated rings. The van der Waals surface area contributed by atoms with Crippen LogP contribution in [-0.2, 0) is 20.8 Å². The van der Waals surface area contributed by atoms with Gasteiger partial charge in [0, 0.05) is 17.1 Å².